The Hall–Kier alpha value is -4.31. The van der Waals surface area contributed by atoms with E-state index in [1.165, 1.54) is 6.39 Å². The van der Waals surface area contributed by atoms with Crippen molar-refractivity contribution in [3.8, 4) is 11.5 Å². The van der Waals surface area contributed by atoms with Crippen molar-refractivity contribution in [1.29, 1.82) is 0 Å². The van der Waals surface area contributed by atoms with Gasteiger partial charge in [-0.25, -0.2) is 4.98 Å². The molecule has 10 heteroatoms. The van der Waals surface area contributed by atoms with Crippen molar-refractivity contribution in [2.45, 2.75) is 25.4 Å². The molecule has 5 rings (SSSR count). The lowest BCUT2D eigenvalue weighted by molar-refractivity contribution is 0.0940. The summed E-state index contributed by atoms with van der Waals surface area (Å²) in [5.41, 5.74) is 3.22. The third-order valence-corrected chi connectivity index (χ3v) is 5.69. The van der Waals surface area contributed by atoms with Gasteiger partial charge < -0.3 is 25.5 Å². The van der Waals surface area contributed by atoms with Gasteiger partial charge in [0.1, 0.15) is 5.82 Å². The Bertz CT molecular complexity index is 1320. The number of carbonyl (C=O) groups excluding carboxylic acids is 1. The minimum atomic E-state index is -0.469. The van der Waals surface area contributed by atoms with E-state index in [-0.39, 0.29) is 18.4 Å². The van der Waals surface area contributed by atoms with Crippen LogP contribution in [0.2, 0.25) is 0 Å². The second-order valence-corrected chi connectivity index (χ2v) is 8.45. The molecule has 0 spiro atoms. The van der Waals surface area contributed by atoms with Crippen molar-refractivity contribution < 1.29 is 14.3 Å². The lowest BCUT2D eigenvalue weighted by Crippen LogP contribution is -2.32. The smallest absolute Gasteiger partial charge is 0.252 e. The van der Waals surface area contributed by atoms with Crippen LogP contribution in [0.5, 0.6) is 0 Å². The lowest BCUT2D eigenvalue weighted by Gasteiger charge is -2.20. The van der Waals surface area contributed by atoms with Crippen molar-refractivity contribution in [2.75, 3.05) is 17.2 Å². The monoisotopic (exact) mass is 457 g/mol. The van der Waals surface area contributed by atoms with E-state index >= 15 is 0 Å². The van der Waals surface area contributed by atoms with Gasteiger partial charge in [-0.05, 0) is 43.2 Å². The van der Waals surface area contributed by atoms with Gasteiger partial charge in [-0.1, -0.05) is 30.3 Å². The van der Waals surface area contributed by atoms with E-state index in [4.69, 9.17) is 4.42 Å². The Labute approximate surface area is 195 Å². The number of aliphatic hydroxyl groups excluding tert-OH is 1. The van der Waals surface area contributed by atoms with Gasteiger partial charge >= 0.3 is 0 Å². The third-order valence-electron chi connectivity index (χ3n) is 5.69. The summed E-state index contributed by atoms with van der Waals surface area (Å²) in [5, 5.41) is 27.2. The molecule has 10 nitrogen and oxygen atoms in total. The number of nitrogens with one attached hydrogen (secondary N) is 3. The number of hydrogen-bond donors (Lipinski definition) is 4. The van der Waals surface area contributed by atoms with Crippen molar-refractivity contribution in [3.63, 3.8) is 0 Å². The summed E-state index contributed by atoms with van der Waals surface area (Å²) < 4.78 is 5.36. The fraction of sp³-hybridized carbons (Fsp3) is 0.208. The van der Waals surface area contributed by atoms with Gasteiger partial charge in [0.2, 0.25) is 12.3 Å². The topological polar surface area (TPSA) is 138 Å². The molecule has 0 bridgehead atoms. The van der Waals surface area contributed by atoms with Crippen LogP contribution in [0.15, 0.2) is 65.5 Å². The summed E-state index contributed by atoms with van der Waals surface area (Å²) in [6.45, 7) is 3.76. The van der Waals surface area contributed by atoms with E-state index in [9.17, 15) is 9.90 Å². The molecule has 2 aromatic carbocycles. The van der Waals surface area contributed by atoms with Crippen LogP contribution in [0.3, 0.4) is 0 Å². The van der Waals surface area contributed by atoms with E-state index in [0.29, 0.717) is 22.9 Å². The van der Waals surface area contributed by atoms with Crippen LogP contribution in [0, 0.1) is 0 Å². The van der Waals surface area contributed by atoms with Gasteiger partial charge in [0.15, 0.2) is 0 Å². The first-order chi connectivity index (χ1) is 16.4. The van der Waals surface area contributed by atoms with Crippen LogP contribution in [0.1, 0.15) is 41.4 Å². The number of aromatic nitrogens is 4. The van der Waals surface area contributed by atoms with Crippen molar-refractivity contribution in [2.24, 2.45) is 0 Å². The standard InChI is InChI=1S/C24H23N7O3/c1-24(2)18-10-15(8-9-16(18)21(33)30-24)27-23-25-11-17(22-31-26-13-34-22)20(29-23)28-19(12-32)14-6-4-3-5-7-14/h3-11,13,19,32H,12H2,1-2H3,(H,30,33)(H2,25,27,28,29)/t19-/m1/s1. The molecule has 34 heavy (non-hydrogen) atoms. The van der Waals surface area contributed by atoms with Gasteiger partial charge in [0.05, 0.1) is 23.8 Å². The van der Waals surface area contributed by atoms with Crippen molar-refractivity contribution in [3.05, 3.63) is 77.8 Å². The Balaban J connectivity index is 1.48. The average Bonchev–Trinajstić information content (AvgIpc) is 3.44. The predicted molar refractivity (Wildman–Crippen MR) is 125 cm³/mol. The van der Waals surface area contributed by atoms with Crippen molar-refractivity contribution in [1.82, 2.24) is 25.5 Å². The number of rotatable bonds is 7. The number of nitrogens with zero attached hydrogens (tertiary/aromatic N) is 4. The number of fused-ring (bicyclic) bond motifs is 1. The number of anilines is 3. The SMILES string of the molecule is CC1(C)NC(=O)c2ccc(Nc3ncc(-c4nnco4)c(N[C@H](CO)c4ccccc4)n3)cc21. The van der Waals surface area contributed by atoms with Gasteiger partial charge in [-0.15, -0.1) is 10.2 Å². The molecule has 4 aromatic rings. The highest BCUT2D eigenvalue weighted by molar-refractivity contribution is 6.00. The molecular formula is C24H23N7O3. The Kier molecular flexibility index (Phi) is 5.42. The van der Waals surface area contributed by atoms with E-state index in [1.807, 2.05) is 56.3 Å². The molecule has 1 aliphatic rings. The van der Waals surface area contributed by atoms with Crippen LogP contribution >= 0.6 is 0 Å². The molecule has 0 radical (unpaired) electrons. The average molecular weight is 457 g/mol. The molecule has 3 heterocycles. The Morgan fingerprint density at radius 2 is 1.97 bits per heavy atom. The highest BCUT2D eigenvalue weighted by Crippen LogP contribution is 2.34. The van der Waals surface area contributed by atoms with Gasteiger partial charge in [0.25, 0.3) is 11.8 Å². The predicted octanol–water partition coefficient (Wildman–Crippen LogP) is 3.39. The fourth-order valence-corrected chi connectivity index (χ4v) is 3.97. The molecule has 0 fully saturated rings. The van der Waals surface area contributed by atoms with Crippen LogP contribution in [0.25, 0.3) is 11.5 Å². The second-order valence-electron chi connectivity index (χ2n) is 8.45. The molecule has 2 aromatic heterocycles. The summed E-state index contributed by atoms with van der Waals surface area (Å²) in [5.74, 6) is 0.908. The van der Waals surface area contributed by atoms with E-state index in [1.54, 1.807) is 12.3 Å². The van der Waals surface area contributed by atoms with Gasteiger partial charge in [-0.2, -0.15) is 4.98 Å². The summed E-state index contributed by atoms with van der Waals surface area (Å²) in [7, 11) is 0. The van der Waals surface area contributed by atoms with Gasteiger partial charge in [-0.3, -0.25) is 4.79 Å². The molecule has 0 saturated carbocycles. The maximum Gasteiger partial charge on any atom is 0.252 e. The first-order valence-electron chi connectivity index (χ1n) is 10.7. The third kappa shape index (κ3) is 4.06. The largest absolute Gasteiger partial charge is 0.423 e. The van der Waals surface area contributed by atoms with E-state index < -0.39 is 11.6 Å². The number of hydrogen-bond acceptors (Lipinski definition) is 9. The van der Waals surface area contributed by atoms with Crippen LogP contribution in [0.4, 0.5) is 17.5 Å². The molecule has 1 amide bonds. The summed E-state index contributed by atoms with van der Waals surface area (Å²) in [4.78, 5) is 21.2. The van der Waals surface area contributed by atoms with Crippen LogP contribution in [-0.4, -0.2) is 37.8 Å². The zero-order valence-corrected chi connectivity index (χ0v) is 18.6. The number of aliphatic hydroxyl groups is 1. The van der Waals surface area contributed by atoms with Crippen LogP contribution in [-0.2, 0) is 5.54 Å². The number of carbonyl (C=O) groups is 1. The normalized spacial score (nSPS) is 14.9. The molecule has 1 aliphatic heterocycles. The quantitative estimate of drug-likeness (QED) is 0.329. The maximum absolute atomic E-state index is 12.2. The zero-order valence-electron chi connectivity index (χ0n) is 18.6. The molecular weight excluding hydrogens is 434 g/mol. The second kappa shape index (κ2) is 8.56. The lowest BCUT2D eigenvalue weighted by atomic mass is 9.94. The summed E-state index contributed by atoms with van der Waals surface area (Å²) >= 11 is 0. The van der Waals surface area contributed by atoms with Crippen molar-refractivity contribution >= 4 is 23.4 Å². The molecule has 172 valence electrons. The molecule has 0 saturated heterocycles. The Morgan fingerprint density at radius 1 is 1.15 bits per heavy atom. The molecule has 0 aliphatic carbocycles. The summed E-state index contributed by atoms with van der Waals surface area (Å²) in [6.07, 6.45) is 2.81. The van der Waals surface area contributed by atoms with Crippen LogP contribution < -0.4 is 16.0 Å². The highest BCUT2D eigenvalue weighted by atomic mass is 16.4. The first kappa shape index (κ1) is 21.5. The Morgan fingerprint density at radius 3 is 2.71 bits per heavy atom. The zero-order chi connectivity index (χ0) is 23.7. The summed E-state index contributed by atoms with van der Waals surface area (Å²) in [6, 6.07) is 14.6. The first-order valence-corrected chi connectivity index (χ1v) is 10.7. The van der Waals surface area contributed by atoms with E-state index in [0.717, 1.165) is 16.8 Å². The fourth-order valence-electron chi connectivity index (χ4n) is 3.97. The minimum Gasteiger partial charge on any atom is -0.423 e. The maximum atomic E-state index is 12.2. The van der Waals surface area contributed by atoms with E-state index in [2.05, 4.69) is 36.1 Å². The highest BCUT2D eigenvalue weighted by Gasteiger charge is 2.35. The minimum absolute atomic E-state index is 0.0887. The number of benzene rings is 2. The molecule has 1 atom stereocenters. The number of amides is 1. The molecule has 0 unspecified atom stereocenters. The van der Waals surface area contributed by atoms with Gasteiger partial charge in [0, 0.05) is 17.4 Å². The molecule has 4 N–H and O–H groups in total.